The van der Waals surface area contributed by atoms with Crippen molar-refractivity contribution in [1.82, 2.24) is 9.62 Å². The van der Waals surface area contributed by atoms with Gasteiger partial charge in [0, 0.05) is 17.6 Å². The number of rotatable bonds is 5. The van der Waals surface area contributed by atoms with Gasteiger partial charge in [-0.2, -0.15) is 0 Å². The van der Waals surface area contributed by atoms with Gasteiger partial charge in [0.25, 0.3) is 0 Å². The van der Waals surface area contributed by atoms with E-state index in [0.29, 0.717) is 24.0 Å². The summed E-state index contributed by atoms with van der Waals surface area (Å²) in [5, 5.41) is 0. The Kier molecular flexibility index (Phi) is 6.26. The lowest BCUT2D eigenvalue weighted by Crippen LogP contribution is -2.70. The van der Waals surface area contributed by atoms with E-state index >= 15 is 4.39 Å². The molecule has 5 rings (SSSR count). The van der Waals surface area contributed by atoms with Crippen molar-refractivity contribution >= 4 is 16.1 Å². The SMILES string of the molecule is CC(C)(C)OC(=O)N1C2CC(C2)[C@H](NS(C)(=O)=O)[C@@H]1Cc1cccc(-c2ccccc2)c1F. The molecule has 3 aliphatic rings. The van der Waals surface area contributed by atoms with E-state index < -0.39 is 33.8 Å². The molecule has 2 heterocycles. The van der Waals surface area contributed by atoms with Crippen LogP contribution in [0, 0.1) is 11.7 Å². The lowest BCUT2D eigenvalue weighted by Gasteiger charge is -2.57. The molecule has 2 aliphatic heterocycles. The van der Waals surface area contributed by atoms with Crippen LogP contribution >= 0.6 is 0 Å². The van der Waals surface area contributed by atoms with Crippen LogP contribution in [-0.4, -0.2) is 49.4 Å². The molecule has 0 aromatic heterocycles. The Morgan fingerprint density at radius 2 is 1.79 bits per heavy atom. The number of ether oxygens (including phenoxy) is 1. The predicted molar refractivity (Wildman–Crippen MR) is 126 cm³/mol. The topological polar surface area (TPSA) is 75.7 Å². The van der Waals surface area contributed by atoms with Crippen molar-refractivity contribution in [2.75, 3.05) is 6.26 Å². The van der Waals surface area contributed by atoms with Gasteiger partial charge in [-0.3, -0.25) is 0 Å². The highest BCUT2D eigenvalue weighted by atomic mass is 32.2. The fourth-order valence-corrected chi connectivity index (χ4v) is 5.80. The Morgan fingerprint density at radius 3 is 2.39 bits per heavy atom. The number of halogens is 1. The van der Waals surface area contributed by atoms with E-state index in [-0.39, 0.29) is 24.2 Å². The molecule has 8 heteroatoms. The zero-order valence-corrected chi connectivity index (χ0v) is 20.2. The van der Waals surface area contributed by atoms with E-state index in [1.807, 2.05) is 30.3 Å². The Labute approximate surface area is 195 Å². The van der Waals surface area contributed by atoms with Crippen LogP contribution in [0.2, 0.25) is 0 Å². The molecule has 2 atom stereocenters. The fourth-order valence-electron chi connectivity index (χ4n) is 4.96. The molecule has 1 aliphatic carbocycles. The molecular weight excluding hydrogens is 443 g/mol. The van der Waals surface area contributed by atoms with E-state index in [9.17, 15) is 13.2 Å². The van der Waals surface area contributed by atoms with Crippen LogP contribution in [0.3, 0.4) is 0 Å². The first-order valence-corrected chi connectivity index (χ1v) is 13.1. The minimum atomic E-state index is -3.53. The largest absolute Gasteiger partial charge is 0.444 e. The molecule has 178 valence electrons. The minimum Gasteiger partial charge on any atom is -0.444 e. The average molecular weight is 475 g/mol. The number of carbonyl (C=O) groups is 1. The molecule has 6 nitrogen and oxygen atoms in total. The molecule has 0 radical (unpaired) electrons. The second kappa shape index (κ2) is 8.72. The quantitative estimate of drug-likeness (QED) is 0.699. The zero-order chi connectivity index (χ0) is 24.0. The van der Waals surface area contributed by atoms with Crippen molar-refractivity contribution in [1.29, 1.82) is 0 Å². The second-order valence-electron chi connectivity index (χ2n) is 10.1. The van der Waals surface area contributed by atoms with Crippen molar-refractivity contribution in [2.24, 2.45) is 5.92 Å². The number of hydrogen-bond donors (Lipinski definition) is 1. The maximum atomic E-state index is 15.6. The summed E-state index contributed by atoms with van der Waals surface area (Å²) >= 11 is 0. The summed E-state index contributed by atoms with van der Waals surface area (Å²) in [4.78, 5) is 14.8. The first-order chi connectivity index (χ1) is 15.4. The van der Waals surface area contributed by atoms with Crippen LogP contribution in [0.4, 0.5) is 9.18 Å². The highest BCUT2D eigenvalue weighted by molar-refractivity contribution is 7.88. The average Bonchev–Trinajstić information content (AvgIpc) is 2.67. The van der Waals surface area contributed by atoms with Crippen LogP contribution < -0.4 is 4.72 Å². The summed E-state index contributed by atoms with van der Waals surface area (Å²) in [5.74, 6) is -0.251. The highest BCUT2D eigenvalue weighted by Gasteiger charge is 2.54. The van der Waals surface area contributed by atoms with E-state index in [2.05, 4.69) is 4.72 Å². The number of fused-ring (bicyclic) bond motifs is 2. The van der Waals surface area contributed by atoms with Gasteiger partial charge in [-0.1, -0.05) is 48.5 Å². The van der Waals surface area contributed by atoms with E-state index in [4.69, 9.17) is 4.74 Å². The maximum Gasteiger partial charge on any atom is 0.410 e. The molecule has 33 heavy (non-hydrogen) atoms. The number of benzene rings is 2. The molecule has 0 unspecified atom stereocenters. The molecule has 2 saturated heterocycles. The molecule has 2 aromatic rings. The van der Waals surface area contributed by atoms with Crippen LogP contribution in [0.15, 0.2) is 48.5 Å². The zero-order valence-electron chi connectivity index (χ0n) is 19.4. The number of nitrogens with one attached hydrogen (secondary N) is 1. The van der Waals surface area contributed by atoms with Gasteiger partial charge in [-0.25, -0.2) is 22.3 Å². The van der Waals surface area contributed by atoms with Gasteiger partial charge in [0.2, 0.25) is 10.0 Å². The minimum absolute atomic E-state index is 0.0344. The molecule has 2 aromatic carbocycles. The molecule has 1 saturated carbocycles. The fraction of sp³-hybridized carbons (Fsp3) is 0.480. The van der Waals surface area contributed by atoms with Crippen molar-refractivity contribution in [3.8, 4) is 11.1 Å². The third-order valence-corrected chi connectivity index (χ3v) is 7.07. The Balaban J connectivity index is 1.70. The van der Waals surface area contributed by atoms with Gasteiger partial charge < -0.3 is 9.64 Å². The van der Waals surface area contributed by atoms with Crippen LogP contribution in [0.1, 0.15) is 39.2 Å². The van der Waals surface area contributed by atoms with Crippen LogP contribution in [0.25, 0.3) is 11.1 Å². The number of piperidine rings is 2. The van der Waals surface area contributed by atoms with E-state index in [0.717, 1.165) is 11.8 Å². The summed E-state index contributed by atoms with van der Waals surface area (Å²) in [6.07, 6.45) is 2.22. The summed E-state index contributed by atoms with van der Waals surface area (Å²) in [5.41, 5.74) is 0.987. The standard InChI is InChI=1S/C25H31FN2O4S/c1-25(2,3)32-24(29)28-19-13-18(14-19)23(27-33(4,30)31)21(28)15-17-11-8-12-20(22(17)26)16-9-6-5-7-10-16/h5-12,18-19,21,23,27H,13-15H2,1-4H3/t18?,19?,21-,23-/m0/s1. The van der Waals surface area contributed by atoms with Gasteiger partial charge in [0.1, 0.15) is 11.4 Å². The van der Waals surface area contributed by atoms with Crippen LogP contribution in [0.5, 0.6) is 0 Å². The highest BCUT2D eigenvalue weighted by Crippen LogP contribution is 2.45. The van der Waals surface area contributed by atoms with Crippen LogP contribution in [-0.2, 0) is 21.2 Å². The van der Waals surface area contributed by atoms with Crippen molar-refractivity contribution in [3.05, 3.63) is 59.9 Å². The van der Waals surface area contributed by atoms with Gasteiger partial charge in [0.15, 0.2) is 0 Å². The lowest BCUT2D eigenvalue weighted by atomic mass is 9.67. The lowest BCUT2D eigenvalue weighted by molar-refractivity contribution is -0.0652. The third-order valence-electron chi connectivity index (χ3n) is 6.37. The number of amides is 1. The van der Waals surface area contributed by atoms with E-state index in [1.165, 1.54) is 0 Å². The van der Waals surface area contributed by atoms with E-state index in [1.54, 1.807) is 43.9 Å². The Morgan fingerprint density at radius 1 is 1.12 bits per heavy atom. The molecule has 2 bridgehead atoms. The van der Waals surface area contributed by atoms with Gasteiger partial charge in [-0.15, -0.1) is 0 Å². The smallest absolute Gasteiger partial charge is 0.410 e. The Bertz CT molecular complexity index is 1120. The number of hydrogen-bond acceptors (Lipinski definition) is 4. The summed E-state index contributed by atoms with van der Waals surface area (Å²) in [6, 6.07) is 13.4. The normalized spacial score (nSPS) is 24.8. The number of nitrogens with zero attached hydrogens (tertiary/aromatic N) is 1. The summed E-state index contributed by atoms with van der Waals surface area (Å²) in [6.45, 7) is 5.38. The van der Waals surface area contributed by atoms with Gasteiger partial charge in [0.05, 0.1) is 12.3 Å². The summed E-state index contributed by atoms with van der Waals surface area (Å²) < 4.78 is 48.3. The first kappa shape index (κ1) is 23.7. The first-order valence-electron chi connectivity index (χ1n) is 11.2. The third kappa shape index (κ3) is 5.22. The summed E-state index contributed by atoms with van der Waals surface area (Å²) in [7, 11) is -3.53. The monoisotopic (exact) mass is 474 g/mol. The maximum absolute atomic E-state index is 15.6. The van der Waals surface area contributed by atoms with Crippen molar-refractivity contribution in [3.63, 3.8) is 0 Å². The van der Waals surface area contributed by atoms with Crippen molar-refractivity contribution < 1.29 is 22.3 Å². The van der Waals surface area contributed by atoms with Gasteiger partial charge >= 0.3 is 6.09 Å². The molecule has 0 spiro atoms. The molecule has 1 amide bonds. The molecule has 1 N–H and O–H groups in total. The number of carbonyl (C=O) groups excluding carboxylic acids is 1. The van der Waals surface area contributed by atoms with Gasteiger partial charge in [-0.05, 0) is 57.1 Å². The second-order valence-corrected chi connectivity index (χ2v) is 11.9. The Hall–Kier alpha value is -2.45. The van der Waals surface area contributed by atoms with Crippen molar-refractivity contribution in [2.45, 2.75) is 63.8 Å². The molecular formula is C25H31FN2O4S. The predicted octanol–water partition coefficient (Wildman–Crippen LogP) is 4.35. The number of sulfonamides is 1. The molecule has 3 fully saturated rings.